The van der Waals surface area contributed by atoms with Gasteiger partial charge in [0.1, 0.15) is 5.75 Å². The zero-order valence-corrected chi connectivity index (χ0v) is 9.08. The molecular formula is C9H10ClNO4. The van der Waals surface area contributed by atoms with E-state index in [-0.39, 0.29) is 16.5 Å². The summed E-state index contributed by atoms with van der Waals surface area (Å²) in [7, 11) is 1.35. The summed E-state index contributed by atoms with van der Waals surface area (Å²) in [6, 6.07) is 2.62. The molecule has 0 radical (unpaired) electrons. The summed E-state index contributed by atoms with van der Waals surface area (Å²) in [4.78, 5) is 10.1. The van der Waals surface area contributed by atoms with E-state index in [1.165, 1.54) is 19.2 Å². The van der Waals surface area contributed by atoms with Crippen LogP contribution in [0.15, 0.2) is 12.1 Å². The Hall–Kier alpha value is -1.49. The SMILES string of the molecule is CCOc1cc(OC)c([N+](=O)[O-])cc1Cl. The maximum Gasteiger partial charge on any atom is 0.312 e. The van der Waals surface area contributed by atoms with Crippen LogP contribution >= 0.6 is 11.6 Å². The van der Waals surface area contributed by atoms with Gasteiger partial charge in [0, 0.05) is 12.1 Å². The quantitative estimate of drug-likeness (QED) is 0.590. The molecule has 0 unspecified atom stereocenters. The average molecular weight is 232 g/mol. The van der Waals surface area contributed by atoms with Gasteiger partial charge in [0.25, 0.3) is 0 Å². The molecule has 0 aromatic heterocycles. The van der Waals surface area contributed by atoms with Gasteiger partial charge in [0.05, 0.1) is 23.7 Å². The molecule has 0 saturated carbocycles. The lowest BCUT2D eigenvalue weighted by Crippen LogP contribution is -1.97. The van der Waals surface area contributed by atoms with Crippen LogP contribution in [0.5, 0.6) is 11.5 Å². The summed E-state index contributed by atoms with van der Waals surface area (Å²) in [6.07, 6.45) is 0. The van der Waals surface area contributed by atoms with E-state index in [1.807, 2.05) is 0 Å². The van der Waals surface area contributed by atoms with E-state index >= 15 is 0 Å². The van der Waals surface area contributed by atoms with Crippen molar-refractivity contribution in [3.63, 3.8) is 0 Å². The predicted octanol–water partition coefficient (Wildman–Crippen LogP) is 2.66. The van der Waals surface area contributed by atoms with Crippen LogP contribution in [0.3, 0.4) is 0 Å². The summed E-state index contributed by atoms with van der Waals surface area (Å²) in [5, 5.41) is 10.8. The first-order valence-electron chi connectivity index (χ1n) is 4.24. The van der Waals surface area contributed by atoms with E-state index in [9.17, 15) is 10.1 Å². The van der Waals surface area contributed by atoms with Crippen molar-refractivity contribution in [2.45, 2.75) is 6.92 Å². The average Bonchev–Trinajstić information content (AvgIpc) is 2.20. The van der Waals surface area contributed by atoms with Gasteiger partial charge in [0.15, 0.2) is 0 Å². The molecule has 1 rings (SSSR count). The molecule has 0 aliphatic rings. The molecular weight excluding hydrogens is 222 g/mol. The van der Waals surface area contributed by atoms with Crippen molar-refractivity contribution in [3.8, 4) is 11.5 Å². The second-order valence-corrected chi connectivity index (χ2v) is 3.05. The number of benzene rings is 1. The molecule has 15 heavy (non-hydrogen) atoms. The Morgan fingerprint density at radius 3 is 2.60 bits per heavy atom. The van der Waals surface area contributed by atoms with Crippen LogP contribution in [-0.4, -0.2) is 18.6 Å². The zero-order chi connectivity index (χ0) is 11.4. The van der Waals surface area contributed by atoms with Crippen LogP contribution in [0.2, 0.25) is 5.02 Å². The lowest BCUT2D eigenvalue weighted by atomic mass is 10.3. The van der Waals surface area contributed by atoms with Gasteiger partial charge in [-0.25, -0.2) is 0 Å². The third kappa shape index (κ3) is 2.50. The van der Waals surface area contributed by atoms with E-state index in [1.54, 1.807) is 6.92 Å². The summed E-state index contributed by atoms with van der Waals surface area (Å²) < 4.78 is 10.0. The van der Waals surface area contributed by atoms with Crippen molar-refractivity contribution in [2.75, 3.05) is 13.7 Å². The number of nitro groups is 1. The highest BCUT2D eigenvalue weighted by atomic mass is 35.5. The summed E-state index contributed by atoms with van der Waals surface area (Å²) in [5.74, 6) is 0.509. The number of methoxy groups -OCH3 is 1. The molecule has 0 aliphatic carbocycles. The highest BCUT2D eigenvalue weighted by Gasteiger charge is 2.18. The number of ether oxygens (including phenoxy) is 2. The Morgan fingerprint density at radius 1 is 1.47 bits per heavy atom. The fourth-order valence-electron chi connectivity index (χ4n) is 1.10. The molecule has 1 aromatic carbocycles. The van der Waals surface area contributed by atoms with Gasteiger partial charge in [-0.15, -0.1) is 0 Å². The fourth-order valence-corrected chi connectivity index (χ4v) is 1.31. The van der Waals surface area contributed by atoms with Gasteiger partial charge in [-0.2, -0.15) is 0 Å². The van der Waals surface area contributed by atoms with Crippen molar-refractivity contribution < 1.29 is 14.4 Å². The highest BCUT2D eigenvalue weighted by Crippen LogP contribution is 2.37. The number of rotatable bonds is 4. The zero-order valence-electron chi connectivity index (χ0n) is 8.32. The Kier molecular flexibility index (Phi) is 3.74. The van der Waals surface area contributed by atoms with Crippen LogP contribution < -0.4 is 9.47 Å². The first-order chi connectivity index (χ1) is 7.10. The van der Waals surface area contributed by atoms with Crippen LogP contribution in [0.4, 0.5) is 5.69 Å². The Labute approximate surface area is 91.7 Å². The first-order valence-corrected chi connectivity index (χ1v) is 4.62. The van der Waals surface area contributed by atoms with Gasteiger partial charge in [-0.05, 0) is 6.92 Å². The van der Waals surface area contributed by atoms with Crippen LogP contribution in [0.25, 0.3) is 0 Å². The lowest BCUT2D eigenvalue weighted by molar-refractivity contribution is -0.385. The maximum absolute atomic E-state index is 10.6. The van der Waals surface area contributed by atoms with Crippen LogP contribution in [0, 0.1) is 10.1 Å². The number of hydrogen-bond acceptors (Lipinski definition) is 4. The fraction of sp³-hybridized carbons (Fsp3) is 0.333. The topological polar surface area (TPSA) is 61.6 Å². The smallest absolute Gasteiger partial charge is 0.312 e. The minimum Gasteiger partial charge on any atom is -0.492 e. The second kappa shape index (κ2) is 4.84. The molecule has 0 fully saturated rings. The second-order valence-electron chi connectivity index (χ2n) is 2.64. The lowest BCUT2D eigenvalue weighted by Gasteiger charge is -2.08. The van der Waals surface area contributed by atoms with E-state index in [0.29, 0.717) is 12.4 Å². The van der Waals surface area contributed by atoms with E-state index in [2.05, 4.69) is 0 Å². The summed E-state index contributed by atoms with van der Waals surface area (Å²) in [5.41, 5.74) is -0.175. The maximum atomic E-state index is 10.6. The number of nitrogens with zero attached hydrogens (tertiary/aromatic N) is 1. The standard InChI is InChI=1S/C9H10ClNO4/c1-3-15-8-5-9(14-2)7(11(12)13)4-6(8)10/h4-5H,3H2,1-2H3. The minimum absolute atomic E-state index is 0.132. The number of hydrogen-bond donors (Lipinski definition) is 0. The number of halogens is 1. The molecule has 0 saturated heterocycles. The monoisotopic (exact) mass is 231 g/mol. The first kappa shape index (κ1) is 11.6. The third-order valence-electron chi connectivity index (χ3n) is 1.73. The molecule has 0 atom stereocenters. The molecule has 0 amide bonds. The van der Waals surface area contributed by atoms with Gasteiger partial charge in [-0.1, -0.05) is 11.6 Å². The molecule has 1 aromatic rings. The molecule has 0 aliphatic heterocycles. The normalized spacial score (nSPS) is 9.80. The van der Waals surface area contributed by atoms with Gasteiger partial charge in [0.2, 0.25) is 5.75 Å². The van der Waals surface area contributed by atoms with E-state index < -0.39 is 4.92 Å². The highest BCUT2D eigenvalue weighted by molar-refractivity contribution is 6.32. The largest absolute Gasteiger partial charge is 0.492 e. The molecule has 0 spiro atoms. The Morgan fingerprint density at radius 2 is 2.13 bits per heavy atom. The third-order valence-corrected chi connectivity index (χ3v) is 2.03. The Balaban J connectivity index is 3.22. The summed E-state index contributed by atoms with van der Waals surface area (Å²) in [6.45, 7) is 2.23. The van der Waals surface area contributed by atoms with Crippen molar-refractivity contribution >= 4 is 17.3 Å². The van der Waals surface area contributed by atoms with E-state index in [0.717, 1.165) is 0 Å². The van der Waals surface area contributed by atoms with Gasteiger partial charge in [-0.3, -0.25) is 10.1 Å². The van der Waals surface area contributed by atoms with E-state index in [4.69, 9.17) is 21.1 Å². The van der Waals surface area contributed by atoms with Crippen molar-refractivity contribution in [1.29, 1.82) is 0 Å². The minimum atomic E-state index is -0.555. The molecule has 82 valence electrons. The van der Waals surface area contributed by atoms with Gasteiger partial charge < -0.3 is 9.47 Å². The molecule has 0 N–H and O–H groups in total. The molecule has 0 heterocycles. The molecule has 5 nitrogen and oxygen atoms in total. The van der Waals surface area contributed by atoms with Crippen molar-refractivity contribution in [3.05, 3.63) is 27.3 Å². The van der Waals surface area contributed by atoms with Crippen LogP contribution in [0.1, 0.15) is 6.92 Å². The summed E-state index contributed by atoms with van der Waals surface area (Å²) >= 11 is 5.80. The predicted molar refractivity (Wildman–Crippen MR) is 55.8 cm³/mol. The van der Waals surface area contributed by atoms with Crippen molar-refractivity contribution in [2.24, 2.45) is 0 Å². The molecule has 0 bridgehead atoms. The van der Waals surface area contributed by atoms with Crippen LogP contribution in [-0.2, 0) is 0 Å². The molecule has 6 heteroatoms. The van der Waals surface area contributed by atoms with Gasteiger partial charge >= 0.3 is 5.69 Å². The Bertz CT molecular complexity index is 381. The van der Waals surface area contributed by atoms with Crippen molar-refractivity contribution in [1.82, 2.24) is 0 Å². The number of nitro benzene ring substituents is 1.